The lowest BCUT2D eigenvalue weighted by Gasteiger charge is -2.04. The third-order valence-electron chi connectivity index (χ3n) is 1.62. The van der Waals surface area contributed by atoms with E-state index in [1.54, 1.807) is 0 Å². The third kappa shape index (κ3) is 11.7. The Bertz CT molecular complexity index is 145. The molecule has 0 spiro atoms. The first kappa shape index (κ1) is 13.7. The van der Waals surface area contributed by atoms with Gasteiger partial charge < -0.3 is 15.8 Å². The van der Waals surface area contributed by atoms with E-state index in [4.69, 9.17) is 10.5 Å². The van der Waals surface area contributed by atoms with E-state index in [9.17, 15) is 4.79 Å². The van der Waals surface area contributed by atoms with Crippen molar-refractivity contribution in [1.29, 1.82) is 0 Å². The smallest absolute Gasteiger partial charge is 0.243 e. The lowest BCUT2D eigenvalue weighted by Crippen LogP contribution is -2.24. The molecule has 3 N–H and O–H groups in total. The fourth-order valence-electron chi connectivity index (χ4n) is 0.938. The van der Waals surface area contributed by atoms with Crippen molar-refractivity contribution < 1.29 is 9.53 Å². The van der Waals surface area contributed by atoms with E-state index in [1.807, 2.05) is 11.8 Å². The number of amides is 1. The van der Waals surface area contributed by atoms with Gasteiger partial charge in [0.15, 0.2) is 0 Å². The van der Waals surface area contributed by atoms with Crippen molar-refractivity contribution in [2.24, 2.45) is 5.73 Å². The van der Waals surface area contributed by atoms with Gasteiger partial charge in [0.2, 0.25) is 5.91 Å². The summed E-state index contributed by atoms with van der Waals surface area (Å²) in [4.78, 5) is 10.3. The molecule has 0 aromatic heterocycles. The highest BCUT2D eigenvalue weighted by atomic mass is 32.2. The van der Waals surface area contributed by atoms with Crippen LogP contribution < -0.4 is 11.1 Å². The van der Waals surface area contributed by atoms with Crippen LogP contribution in [0.5, 0.6) is 0 Å². The number of primary amides is 1. The Morgan fingerprint density at radius 1 is 1.43 bits per heavy atom. The second kappa shape index (κ2) is 10.8. The minimum absolute atomic E-state index is 0.0220. The molecule has 0 atom stereocenters. The van der Waals surface area contributed by atoms with Crippen LogP contribution in [0, 0.1) is 0 Å². The topological polar surface area (TPSA) is 64.3 Å². The van der Waals surface area contributed by atoms with Crippen LogP contribution in [0.1, 0.15) is 12.8 Å². The van der Waals surface area contributed by atoms with Crippen molar-refractivity contribution in [2.45, 2.75) is 12.8 Å². The molecule has 0 saturated heterocycles. The summed E-state index contributed by atoms with van der Waals surface area (Å²) in [5.41, 5.74) is 4.90. The van der Waals surface area contributed by atoms with Crippen molar-refractivity contribution in [3.63, 3.8) is 0 Å². The van der Waals surface area contributed by atoms with Gasteiger partial charge in [0.05, 0.1) is 6.61 Å². The molecule has 0 aliphatic heterocycles. The number of nitrogens with one attached hydrogen (secondary N) is 1. The minimum Gasteiger partial charge on any atom is -0.370 e. The van der Waals surface area contributed by atoms with Crippen LogP contribution in [0.3, 0.4) is 0 Å². The highest BCUT2D eigenvalue weighted by Crippen LogP contribution is 1.97. The van der Waals surface area contributed by atoms with Crippen LogP contribution in [-0.2, 0) is 9.53 Å². The Kier molecular flexibility index (Phi) is 10.6. The summed E-state index contributed by atoms with van der Waals surface area (Å²) in [5.74, 6) is 0.810. The summed E-state index contributed by atoms with van der Waals surface area (Å²) >= 11 is 1.87. The van der Waals surface area contributed by atoms with Crippen molar-refractivity contribution >= 4 is 17.7 Å². The van der Waals surface area contributed by atoms with Gasteiger partial charge in [-0.3, -0.25) is 4.79 Å². The predicted molar refractivity (Wildman–Crippen MR) is 60.5 cm³/mol. The zero-order chi connectivity index (χ0) is 10.6. The SMILES string of the molecule is CSCCCCNCCOCC(N)=O. The number of thioether (sulfide) groups is 1. The van der Waals surface area contributed by atoms with E-state index in [1.165, 1.54) is 18.6 Å². The normalized spacial score (nSPS) is 10.4. The van der Waals surface area contributed by atoms with E-state index in [2.05, 4.69) is 11.6 Å². The molecular formula is C9H20N2O2S. The number of hydrogen-bond donors (Lipinski definition) is 2. The quantitative estimate of drug-likeness (QED) is 0.517. The number of carbonyl (C=O) groups is 1. The van der Waals surface area contributed by atoms with Gasteiger partial charge in [0, 0.05) is 6.54 Å². The Balaban J connectivity index is 2.88. The second-order valence-electron chi connectivity index (χ2n) is 2.97. The first-order valence-electron chi connectivity index (χ1n) is 4.83. The molecule has 0 fully saturated rings. The van der Waals surface area contributed by atoms with Crippen LogP contribution in [0.25, 0.3) is 0 Å². The first-order chi connectivity index (χ1) is 6.77. The maximum Gasteiger partial charge on any atom is 0.243 e. The van der Waals surface area contributed by atoms with Crippen molar-refractivity contribution in [3.8, 4) is 0 Å². The maximum atomic E-state index is 10.3. The average Bonchev–Trinajstić information content (AvgIpc) is 2.15. The lowest BCUT2D eigenvalue weighted by atomic mass is 10.3. The maximum absolute atomic E-state index is 10.3. The van der Waals surface area contributed by atoms with Gasteiger partial charge in [0.25, 0.3) is 0 Å². The highest BCUT2D eigenvalue weighted by molar-refractivity contribution is 7.98. The summed E-state index contributed by atoms with van der Waals surface area (Å²) in [6.45, 7) is 2.37. The molecule has 0 heterocycles. The summed E-state index contributed by atoms with van der Waals surface area (Å²) < 4.78 is 4.98. The molecule has 5 heteroatoms. The zero-order valence-electron chi connectivity index (χ0n) is 8.75. The van der Waals surface area contributed by atoms with E-state index in [-0.39, 0.29) is 6.61 Å². The molecule has 14 heavy (non-hydrogen) atoms. The molecule has 0 saturated carbocycles. The van der Waals surface area contributed by atoms with Crippen molar-refractivity contribution in [1.82, 2.24) is 5.32 Å². The number of rotatable bonds is 10. The van der Waals surface area contributed by atoms with E-state index in [0.29, 0.717) is 6.61 Å². The molecule has 0 aliphatic carbocycles. The standard InChI is InChI=1S/C9H20N2O2S/c1-14-7-3-2-4-11-5-6-13-8-9(10)12/h11H,2-8H2,1H3,(H2,10,12). The number of ether oxygens (including phenoxy) is 1. The fraction of sp³-hybridized carbons (Fsp3) is 0.889. The van der Waals surface area contributed by atoms with E-state index >= 15 is 0 Å². The average molecular weight is 220 g/mol. The number of carbonyl (C=O) groups excluding carboxylic acids is 1. The highest BCUT2D eigenvalue weighted by Gasteiger charge is 1.93. The molecule has 0 bridgehead atoms. The molecular weight excluding hydrogens is 200 g/mol. The van der Waals surface area contributed by atoms with Crippen LogP contribution in [-0.4, -0.2) is 44.2 Å². The predicted octanol–water partition coefficient (Wildman–Crippen LogP) is 0.221. The Morgan fingerprint density at radius 3 is 2.86 bits per heavy atom. The van der Waals surface area contributed by atoms with Gasteiger partial charge in [-0.15, -0.1) is 0 Å². The molecule has 0 rings (SSSR count). The molecule has 0 aromatic carbocycles. The number of nitrogens with two attached hydrogens (primary N) is 1. The van der Waals surface area contributed by atoms with Crippen LogP contribution in [0.2, 0.25) is 0 Å². The van der Waals surface area contributed by atoms with Crippen molar-refractivity contribution in [2.75, 3.05) is 38.3 Å². The van der Waals surface area contributed by atoms with Crippen LogP contribution >= 0.6 is 11.8 Å². The van der Waals surface area contributed by atoms with Gasteiger partial charge in [-0.25, -0.2) is 0 Å². The first-order valence-corrected chi connectivity index (χ1v) is 6.22. The molecule has 0 aromatic rings. The number of unbranched alkanes of at least 4 members (excludes halogenated alkanes) is 1. The molecule has 0 unspecified atom stereocenters. The molecule has 0 radical (unpaired) electrons. The third-order valence-corrected chi connectivity index (χ3v) is 2.32. The van der Waals surface area contributed by atoms with Gasteiger partial charge >= 0.3 is 0 Å². The minimum atomic E-state index is -0.412. The summed E-state index contributed by atoms with van der Waals surface area (Å²) in [5, 5.41) is 3.23. The largest absolute Gasteiger partial charge is 0.370 e. The van der Waals surface area contributed by atoms with Crippen LogP contribution in [0.4, 0.5) is 0 Å². The van der Waals surface area contributed by atoms with Gasteiger partial charge in [-0.2, -0.15) is 11.8 Å². The van der Waals surface area contributed by atoms with Gasteiger partial charge in [-0.1, -0.05) is 0 Å². The second-order valence-corrected chi connectivity index (χ2v) is 3.95. The molecule has 0 aliphatic rings. The summed E-state index contributed by atoms with van der Waals surface area (Å²) in [6.07, 6.45) is 4.55. The Morgan fingerprint density at radius 2 is 2.21 bits per heavy atom. The van der Waals surface area contributed by atoms with Gasteiger partial charge in [-0.05, 0) is 31.4 Å². The lowest BCUT2D eigenvalue weighted by molar-refractivity contribution is -0.122. The van der Waals surface area contributed by atoms with Gasteiger partial charge in [0.1, 0.15) is 6.61 Å². The van der Waals surface area contributed by atoms with E-state index in [0.717, 1.165) is 13.1 Å². The molecule has 1 amide bonds. The summed E-state index contributed by atoms with van der Waals surface area (Å²) in [6, 6.07) is 0. The fourth-order valence-corrected chi connectivity index (χ4v) is 1.43. The molecule has 4 nitrogen and oxygen atoms in total. The van der Waals surface area contributed by atoms with Crippen molar-refractivity contribution in [3.05, 3.63) is 0 Å². The Hall–Kier alpha value is -0.260. The Labute approximate surface area is 89.9 Å². The van der Waals surface area contributed by atoms with E-state index < -0.39 is 5.91 Å². The van der Waals surface area contributed by atoms with Crippen LogP contribution in [0.15, 0.2) is 0 Å². The summed E-state index contributed by atoms with van der Waals surface area (Å²) in [7, 11) is 0. The molecule has 84 valence electrons. The number of hydrogen-bond acceptors (Lipinski definition) is 4. The monoisotopic (exact) mass is 220 g/mol. The zero-order valence-corrected chi connectivity index (χ0v) is 9.57.